The van der Waals surface area contributed by atoms with Crippen molar-refractivity contribution in [3.63, 3.8) is 0 Å². The minimum absolute atomic E-state index is 0.0317. The number of piperidine rings is 1. The number of nitrogens with one attached hydrogen (secondary N) is 1. The van der Waals surface area contributed by atoms with Gasteiger partial charge < -0.3 is 15.0 Å². The van der Waals surface area contributed by atoms with E-state index < -0.39 is 9.84 Å². The lowest BCUT2D eigenvalue weighted by molar-refractivity contribution is -0.175. The Morgan fingerprint density at radius 1 is 0.900 bits per heavy atom. The quantitative estimate of drug-likeness (QED) is 0.242. The predicted molar refractivity (Wildman–Crippen MR) is 203 cm³/mol. The fourth-order valence-corrected chi connectivity index (χ4v) is 15.5. The normalized spacial score (nSPS) is 42.0. The molecule has 0 bridgehead atoms. The van der Waals surface area contributed by atoms with Crippen molar-refractivity contribution in [2.75, 3.05) is 39.0 Å². The standard InChI is InChI=1S/C43H70N2O4S/c1-7-49-39(46)29-30-10-12-31(13-11-30)34-16-22-42(5)37(40(34,2)3)18-23-41(4)35-17-24-43(21-8-9-36(43)33(35)14-15-38(41)42)44-25-28-45-26-19-32(20-27-45)50(6,47)48/h12,16,30,32-33,35-38,44H,7-11,13-15,17-29H2,1-6H3/t30?,33?,35?,36-,37?,38?,41?,42?,43?/m1/s1. The Morgan fingerprint density at radius 2 is 1.68 bits per heavy atom. The maximum atomic E-state index is 12.1. The van der Waals surface area contributed by atoms with Gasteiger partial charge in [0.2, 0.25) is 0 Å². The van der Waals surface area contributed by atoms with E-state index in [9.17, 15) is 13.2 Å². The van der Waals surface area contributed by atoms with Crippen molar-refractivity contribution in [3.05, 3.63) is 23.3 Å². The van der Waals surface area contributed by atoms with E-state index in [0.717, 1.165) is 87.9 Å². The molecule has 4 saturated carbocycles. The highest BCUT2D eigenvalue weighted by Gasteiger charge is 2.65. The van der Waals surface area contributed by atoms with Gasteiger partial charge in [-0.05, 0) is 173 Å². The number of likely N-dealkylation sites (tertiary alicyclic amines) is 1. The third kappa shape index (κ3) is 6.52. The van der Waals surface area contributed by atoms with Crippen LogP contribution < -0.4 is 5.32 Å². The zero-order valence-corrected chi connectivity index (χ0v) is 33.4. The van der Waals surface area contributed by atoms with Crippen LogP contribution in [0.4, 0.5) is 0 Å². The molecule has 50 heavy (non-hydrogen) atoms. The summed E-state index contributed by atoms with van der Waals surface area (Å²) in [7, 11) is -2.91. The molecule has 1 saturated heterocycles. The van der Waals surface area contributed by atoms with Crippen LogP contribution in [0.3, 0.4) is 0 Å². The van der Waals surface area contributed by atoms with Crippen LogP contribution in [-0.4, -0.2) is 69.1 Å². The van der Waals surface area contributed by atoms with Gasteiger partial charge in [-0.1, -0.05) is 46.3 Å². The van der Waals surface area contributed by atoms with Gasteiger partial charge in [0.15, 0.2) is 0 Å². The maximum Gasteiger partial charge on any atom is 0.306 e. The SMILES string of the molecule is CCOC(=O)CC1CC=C(C2=CCC3(C)C(CCC4(C)C5CCC6(NCCN7CCC(S(C)(=O)=O)CC7)CCC[C@@H]6C5CCC43)C2(C)C)CC1. The Balaban J connectivity index is 1.01. The average Bonchev–Trinajstić information content (AvgIpc) is 3.49. The Morgan fingerprint density at radius 3 is 2.38 bits per heavy atom. The monoisotopic (exact) mass is 711 g/mol. The first-order valence-electron chi connectivity index (χ1n) is 20.9. The first-order valence-corrected chi connectivity index (χ1v) is 22.9. The van der Waals surface area contributed by atoms with Gasteiger partial charge in [0.25, 0.3) is 0 Å². The smallest absolute Gasteiger partial charge is 0.306 e. The number of esters is 1. The van der Waals surface area contributed by atoms with E-state index >= 15 is 0 Å². The molecule has 7 heteroatoms. The second kappa shape index (κ2) is 13.9. The lowest BCUT2D eigenvalue weighted by atomic mass is 9.37. The third-order valence-electron chi connectivity index (χ3n) is 16.8. The topological polar surface area (TPSA) is 75.7 Å². The second-order valence-corrected chi connectivity index (χ2v) is 21.7. The Bertz CT molecular complexity index is 1440. The van der Waals surface area contributed by atoms with E-state index in [0.29, 0.717) is 35.3 Å². The summed E-state index contributed by atoms with van der Waals surface area (Å²) in [5.74, 6) is 4.47. The highest BCUT2D eigenvalue weighted by molar-refractivity contribution is 7.91. The van der Waals surface area contributed by atoms with E-state index in [4.69, 9.17) is 4.74 Å². The number of hydrogen-bond donors (Lipinski definition) is 1. The van der Waals surface area contributed by atoms with E-state index in [1.54, 1.807) is 11.1 Å². The van der Waals surface area contributed by atoms with E-state index in [1.807, 2.05) is 6.92 Å². The summed E-state index contributed by atoms with van der Waals surface area (Å²) in [6.07, 6.45) is 25.7. The highest BCUT2D eigenvalue weighted by Crippen LogP contribution is 2.72. The van der Waals surface area contributed by atoms with Gasteiger partial charge in [-0.25, -0.2) is 8.42 Å². The zero-order valence-electron chi connectivity index (χ0n) is 32.5. The van der Waals surface area contributed by atoms with Gasteiger partial charge in [0.1, 0.15) is 9.84 Å². The summed E-state index contributed by atoms with van der Waals surface area (Å²) >= 11 is 0. The summed E-state index contributed by atoms with van der Waals surface area (Å²) in [5.41, 5.74) is 4.51. The van der Waals surface area contributed by atoms with Crippen LogP contribution in [-0.2, 0) is 19.4 Å². The zero-order chi connectivity index (χ0) is 35.5. The van der Waals surface area contributed by atoms with Crippen molar-refractivity contribution >= 4 is 15.8 Å². The third-order valence-corrected chi connectivity index (χ3v) is 18.4. The molecule has 0 amide bonds. The second-order valence-electron chi connectivity index (χ2n) is 19.4. The lowest BCUT2D eigenvalue weighted by Gasteiger charge is -2.68. The average molecular weight is 711 g/mol. The molecule has 0 spiro atoms. The van der Waals surface area contributed by atoms with Crippen LogP contribution in [0, 0.1) is 51.8 Å². The molecule has 0 aromatic heterocycles. The van der Waals surface area contributed by atoms with Crippen LogP contribution in [0.25, 0.3) is 0 Å². The molecule has 282 valence electrons. The summed E-state index contributed by atoms with van der Waals surface area (Å²) in [5, 5.41) is 4.08. The van der Waals surface area contributed by atoms with Crippen molar-refractivity contribution in [1.29, 1.82) is 0 Å². The summed E-state index contributed by atoms with van der Waals surface area (Å²) in [6, 6.07) is 0. The first kappa shape index (κ1) is 37.1. The van der Waals surface area contributed by atoms with Gasteiger partial charge in [-0.3, -0.25) is 4.79 Å². The van der Waals surface area contributed by atoms with Gasteiger partial charge in [0.05, 0.1) is 11.9 Å². The summed E-state index contributed by atoms with van der Waals surface area (Å²) in [4.78, 5) is 14.7. The molecule has 0 radical (unpaired) electrons. The Labute approximate surface area is 305 Å². The molecule has 8 unspecified atom stereocenters. The van der Waals surface area contributed by atoms with Crippen LogP contribution in [0.15, 0.2) is 23.3 Å². The molecule has 5 fully saturated rings. The summed E-state index contributed by atoms with van der Waals surface area (Å²) < 4.78 is 29.4. The minimum atomic E-state index is -2.91. The Kier molecular flexibility index (Phi) is 10.3. The summed E-state index contributed by atoms with van der Waals surface area (Å²) in [6.45, 7) is 16.9. The molecule has 6 aliphatic carbocycles. The van der Waals surface area contributed by atoms with Crippen molar-refractivity contribution in [2.45, 2.75) is 148 Å². The van der Waals surface area contributed by atoms with Crippen molar-refractivity contribution in [2.24, 2.45) is 51.8 Å². The number of fused-ring (bicyclic) bond motifs is 7. The number of carbonyl (C=O) groups is 1. The van der Waals surface area contributed by atoms with Crippen LogP contribution in [0.2, 0.25) is 0 Å². The number of hydrogen-bond acceptors (Lipinski definition) is 6. The molecule has 9 atom stereocenters. The van der Waals surface area contributed by atoms with Crippen molar-refractivity contribution < 1.29 is 17.9 Å². The fraction of sp³-hybridized carbons (Fsp3) is 0.884. The number of rotatable bonds is 9. The molecule has 7 rings (SSSR count). The molecule has 0 aromatic carbocycles. The maximum absolute atomic E-state index is 12.1. The highest BCUT2D eigenvalue weighted by atomic mass is 32.2. The van der Waals surface area contributed by atoms with Crippen LogP contribution in [0.1, 0.15) is 137 Å². The molecule has 6 nitrogen and oxygen atoms in total. The molecular weight excluding hydrogens is 641 g/mol. The van der Waals surface area contributed by atoms with Gasteiger partial charge in [0, 0.05) is 31.3 Å². The number of sulfone groups is 1. The first-order chi connectivity index (χ1) is 23.7. The molecule has 7 aliphatic rings. The van der Waals surface area contributed by atoms with E-state index in [1.165, 1.54) is 70.5 Å². The predicted octanol–water partition coefficient (Wildman–Crippen LogP) is 8.52. The molecule has 0 aromatic rings. The fourth-order valence-electron chi connectivity index (χ4n) is 14.5. The van der Waals surface area contributed by atoms with E-state index in [-0.39, 0.29) is 16.6 Å². The number of carbonyl (C=O) groups excluding carboxylic acids is 1. The van der Waals surface area contributed by atoms with Gasteiger partial charge >= 0.3 is 5.97 Å². The van der Waals surface area contributed by atoms with Crippen molar-refractivity contribution in [1.82, 2.24) is 10.2 Å². The molecule has 1 heterocycles. The number of nitrogens with zero attached hydrogens (tertiary/aromatic N) is 1. The molecular formula is C43H70N2O4S. The Hall–Kier alpha value is -1.18. The van der Waals surface area contributed by atoms with E-state index in [2.05, 4.69) is 50.1 Å². The van der Waals surface area contributed by atoms with Crippen LogP contribution >= 0.6 is 0 Å². The van der Waals surface area contributed by atoms with Gasteiger partial charge in [-0.2, -0.15) is 0 Å². The minimum Gasteiger partial charge on any atom is -0.466 e. The molecule has 1 N–H and O–H groups in total. The molecule has 1 aliphatic heterocycles. The number of allylic oxidation sites excluding steroid dienone is 4. The van der Waals surface area contributed by atoms with Crippen LogP contribution in [0.5, 0.6) is 0 Å². The lowest BCUT2D eigenvalue weighted by Crippen LogP contribution is -2.64. The largest absolute Gasteiger partial charge is 0.466 e. The number of ether oxygens (including phenoxy) is 1. The van der Waals surface area contributed by atoms with Gasteiger partial charge in [-0.15, -0.1) is 0 Å². The van der Waals surface area contributed by atoms with Crippen molar-refractivity contribution in [3.8, 4) is 0 Å².